The van der Waals surface area contributed by atoms with E-state index in [1.165, 1.54) is 18.2 Å². The summed E-state index contributed by atoms with van der Waals surface area (Å²) in [6.07, 6.45) is 0. The molecule has 0 aliphatic carbocycles. The number of hydrogen-bond donors (Lipinski definition) is 0. The van der Waals surface area contributed by atoms with Crippen molar-refractivity contribution in [3.05, 3.63) is 63.7 Å². The lowest BCUT2D eigenvalue weighted by molar-refractivity contribution is -0.385. The fourth-order valence-corrected chi connectivity index (χ4v) is 1.74. The Balaban J connectivity index is 2.11. The Hall–Kier alpha value is -3.07. The standard InChI is InChI=1S/C15H12N2O4/c1-20-13-5-2-11(3-6-13)10-21-14-7-4-12(9-16)15(8-14)17(18)19/h2-8H,10H2,1H3. The number of ether oxygens (including phenoxy) is 2. The van der Waals surface area contributed by atoms with E-state index in [0.717, 1.165) is 11.3 Å². The van der Waals surface area contributed by atoms with E-state index in [1.807, 2.05) is 12.1 Å². The predicted molar refractivity (Wildman–Crippen MR) is 75.1 cm³/mol. The van der Waals surface area contributed by atoms with Gasteiger partial charge in [0.2, 0.25) is 0 Å². The van der Waals surface area contributed by atoms with Gasteiger partial charge in [-0.25, -0.2) is 0 Å². The first kappa shape index (κ1) is 14.3. The van der Waals surface area contributed by atoms with E-state index >= 15 is 0 Å². The molecule has 0 aliphatic heterocycles. The third kappa shape index (κ3) is 3.48. The fraction of sp³-hybridized carbons (Fsp3) is 0.133. The molecular weight excluding hydrogens is 272 g/mol. The van der Waals surface area contributed by atoms with Crippen molar-refractivity contribution in [1.29, 1.82) is 5.26 Å². The van der Waals surface area contributed by atoms with Crippen LogP contribution in [0.3, 0.4) is 0 Å². The van der Waals surface area contributed by atoms with Gasteiger partial charge in [-0.2, -0.15) is 5.26 Å². The second-order valence-electron chi connectivity index (χ2n) is 4.18. The monoisotopic (exact) mass is 284 g/mol. The molecule has 0 N–H and O–H groups in total. The summed E-state index contributed by atoms with van der Waals surface area (Å²) in [5, 5.41) is 19.7. The molecule has 0 saturated heterocycles. The van der Waals surface area contributed by atoms with E-state index in [2.05, 4.69) is 0 Å². The average molecular weight is 284 g/mol. The Morgan fingerprint density at radius 3 is 2.43 bits per heavy atom. The quantitative estimate of drug-likeness (QED) is 0.622. The van der Waals surface area contributed by atoms with Crippen LogP contribution in [0.25, 0.3) is 0 Å². The van der Waals surface area contributed by atoms with Crippen molar-refractivity contribution in [3.63, 3.8) is 0 Å². The predicted octanol–water partition coefficient (Wildman–Crippen LogP) is 3.05. The number of hydrogen-bond acceptors (Lipinski definition) is 5. The first-order chi connectivity index (χ1) is 10.1. The van der Waals surface area contributed by atoms with Gasteiger partial charge in [0, 0.05) is 0 Å². The van der Waals surface area contributed by atoms with Gasteiger partial charge in [0.1, 0.15) is 29.7 Å². The molecule has 6 heteroatoms. The van der Waals surface area contributed by atoms with Crippen LogP contribution in [0.5, 0.6) is 11.5 Å². The topological polar surface area (TPSA) is 85.4 Å². The van der Waals surface area contributed by atoms with Gasteiger partial charge in [-0.3, -0.25) is 10.1 Å². The summed E-state index contributed by atoms with van der Waals surface area (Å²) in [5.41, 5.74) is 0.657. The van der Waals surface area contributed by atoms with Crippen molar-refractivity contribution < 1.29 is 14.4 Å². The molecular formula is C15H12N2O4. The van der Waals surface area contributed by atoms with Gasteiger partial charge in [0.25, 0.3) is 5.69 Å². The molecule has 0 bridgehead atoms. The minimum Gasteiger partial charge on any atom is -0.497 e. The Bertz CT molecular complexity index is 690. The summed E-state index contributed by atoms with van der Waals surface area (Å²) in [7, 11) is 1.58. The van der Waals surface area contributed by atoms with E-state index in [4.69, 9.17) is 14.7 Å². The second kappa shape index (κ2) is 6.39. The van der Waals surface area contributed by atoms with Crippen LogP contribution in [0.2, 0.25) is 0 Å². The SMILES string of the molecule is COc1ccc(COc2ccc(C#N)c([N+](=O)[O-])c2)cc1. The summed E-state index contributed by atoms with van der Waals surface area (Å²) >= 11 is 0. The van der Waals surface area contributed by atoms with Crippen LogP contribution >= 0.6 is 0 Å². The zero-order valence-corrected chi connectivity index (χ0v) is 11.3. The lowest BCUT2D eigenvalue weighted by Gasteiger charge is -2.07. The lowest BCUT2D eigenvalue weighted by Crippen LogP contribution is -1.98. The Kier molecular flexibility index (Phi) is 4.36. The van der Waals surface area contributed by atoms with Crippen LogP contribution in [0.15, 0.2) is 42.5 Å². The molecule has 0 radical (unpaired) electrons. The smallest absolute Gasteiger partial charge is 0.290 e. The van der Waals surface area contributed by atoms with Crippen molar-refractivity contribution in [1.82, 2.24) is 0 Å². The molecule has 106 valence electrons. The maximum atomic E-state index is 10.9. The highest BCUT2D eigenvalue weighted by atomic mass is 16.6. The van der Waals surface area contributed by atoms with Crippen molar-refractivity contribution in [2.45, 2.75) is 6.61 Å². The Morgan fingerprint density at radius 2 is 1.86 bits per heavy atom. The molecule has 0 unspecified atom stereocenters. The van der Waals surface area contributed by atoms with Crippen LogP contribution in [0.4, 0.5) is 5.69 Å². The summed E-state index contributed by atoms with van der Waals surface area (Å²) in [4.78, 5) is 10.3. The highest BCUT2D eigenvalue weighted by Crippen LogP contribution is 2.24. The van der Waals surface area contributed by atoms with E-state index < -0.39 is 4.92 Å². The zero-order valence-electron chi connectivity index (χ0n) is 11.3. The van der Waals surface area contributed by atoms with E-state index in [9.17, 15) is 10.1 Å². The van der Waals surface area contributed by atoms with Gasteiger partial charge in [-0.15, -0.1) is 0 Å². The summed E-state index contributed by atoms with van der Waals surface area (Å²) in [5.74, 6) is 1.09. The van der Waals surface area contributed by atoms with E-state index in [0.29, 0.717) is 5.75 Å². The third-order valence-corrected chi connectivity index (χ3v) is 2.85. The lowest BCUT2D eigenvalue weighted by atomic mass is 10.2. The maximum absolute atomic E-state index is 10.9. The van der Waals surface area contributed by atoms with Gasteiger partial charge in [0.05, 0.1) is 18.1 Å². The molecule has 2 aromatic carbocycles. The molecule has 0 atom stereocenters. The molecule has 0 spiro atoms. The van der Waals surface area contributed by atoms with Gasteiger partial charge >= 0.3 is 0 Å². The van der Waals surface area contributed by atoms with Crippen LogP contribution in [0.1, 0.15) is 11.1 Å². The number of nitro groups is 1. The third-order valence-electron chi connectivity index (χ3n) is 2.85. The second-order valence-corrected chi connectivity index (χ2v) is 4.18. The first-order valence-corrected chi connectivity index (χ1v) is 6.08. The minimum atomic E-state index is -0.598. The molecule has 0 aromatic heterocycles. The van der Waals surface area contributed by atoms with Gasteiger partial charge < -0.3 is 9.47 Å². The highest BCUT2D eigenvalue weighted by molar-refractivity contribution is 5.52. The highest BCUT2D eigenvalue weighted by Gasteiger charge is 2.14. The van der Waals surface area contributed by atoms with Crippen molar-refractivity contribution in [3.8, 4) is 17.6 Å². The number of methoxy groups -OCH3 is 1. The maximum Gasteiger partial charge on any atom is 0.290 e. The average Bonchev–Trinajstić information content (AvgIpc) is 2.53. The molecule has 6 nitrogen and oxygen atoms in total. The van der Waals surface area contributed by atoms with Crippen molar-refractivity contribution >= 4 is 5.69 Å². The molecule has 0 saturated carbocycles. The van der Waals surface area contributed by atoms with E-state index in [-0.39, 0.29) is 17.9 Å². The number of rotatable bonds is 5. The summed E-state index contributed by atoms with van der Waals surface area (Å²) in [6.45, 7) is 0.271. The minimum absolute atomic E-state index is 0.0109. The van der Waals surface area contributed by atoms with Crippen molar-refractivity contribution in [2.75, 3.05) is 7.11 Å². The normalized spacial score (nSPS) is 9.71. The number of nitro benzene ring substituents is 1. The van der Waals surface area contributed by atoms with Gasteiger partial charge in [-0.05, 0) is 29.8 Å². The van der Waals surface area contributed by atoms with E-state index in [1.54, 1.807) is 25.3 Å². The Labute approximate surface area is 121 Å². The van der Waals surface area contributed by atoms with Gasteiger partial charge in [-0.1, -0.05) is 12.1 Å². The molecule has 21 heavy (non-hydrogen) atoms. The zero-order chi connectivity index (χ0) is 15.2. The number of nitrogens with zero attached hydrogens (tertiary/aromatic N) is 2. The molecule has 2 aromatic rings. The largest absolute Gasteiger partial charge is 0.497 e. The van der Waals surface area contributed by atoms with Crippen LogP contribution in [-0.4, -0.2) is 12.0 Å². The molecule has 0 fully saturated rings. The molecule has 0 amide bonds. The van der Waals surface area contributed by atoms with Crippen molar-refractivity contribution in [2.24, 2.45) is 0 Å². The number of benzene rings is 2. The van der Waals surface area contributed by atoms with Crippen LogP contribution in [0, 0.1) is 21.4 Å². The number of nitriles is 1. The molecule has 0 aliphatic rings. The van der Waals surface area contributed by atoms with Gasteiger partial charge in [0.15, 0.2) is 0 Å². The summed E-state index contributed by atoms with van der Waals surface area (Å²) in [6, 6.07) is 13.2. The van der Waals surface area contributed by atoms with Crippen LogP contribution in [-0.2, 0) is 6.61 Å². The Morgan fingerprint density at radius 1 is 1.19 bits per heavy atom. The first-order valence-electron chi connectivity index (χ1n) is 6.08. The molecule has 2 rings (SSSR count). The van der Waals surface area contributed by atoms with Crippen LogP contribution < -0.4 is 9.47 Å². The summed E-state index contributed by atoms with van der Waals surface area (Å²) < 4.78 is 10.6. The fourth-order valence-electron chi connectivity index (χ4n) is 1.74. The molecule has 0 heterocycles.